The maximum Gasteiger partial charge on any atom is 0.0558 e. The second-order valence-electron chi connectivity index (χ2n) is 3.96. The summed E-state index contributed by atoms with van der Waals surface area (Å²) in [6.07, 6.45) is 1.09. The monoisotopic (exact) mass is 188 g/mol. The summed E-state index contributed by atoms with van der Waals surface area (Å²) in [4.78, 5) is 2.25. The highest BCUT2D eigenvalue weighted by atomic mass is 16.3. The van der Waals surface area contributed by atoms with Gasteiger partial charge in [0, 0.05) is 13.1 Å². The Labute approximate surface area is 81.9 Å². The predicted octanol–water partition coefficient (Wildman–Crippen LogP) is 0.676. The number of nitrogens with two attached hydrogens (primary N) is 1. The van der Waals surface area contributed by atoms with Crippen molar-refractivity contribution in [1.82, 2.24) is 4.90 Å². The van der Waals surface area contributed by atoms with Crippen LogP contribution in [0.5, 0.6) is 0 Å². The fourth-order valence-electron chi connectivity index (χ4n) is 1.35. The fourth-order valence-corrected chi connectivity index (χ4v) is 1.35. The molecular weight excluding hydrogens is 164 g/mol. The molecule has 1 unspecified atom stereocenters. The summed E-state index contributed by atoms with van der Waals surface area (Å²) in [6, 6.07) is 0. The summed E-state index contributed by atoms with van der Waals surface area (Å²) >= 11 is 0. The largest absolute Gasteiger partial charge is 0.395 e. The summed E-state index contributed by atoms with van der Waals surface area (Å²) in [6.45, 7) is 10.2. The molecule has 0 amide bonds. The van der Waals surface area contributed by atoms with Crippen LogP contribution < -0.4 is 5.73 Å². The zero-order chi connectivity index (χ0) is 10.3. The van der Waals surface area contributed by atoms with Crippen LogP contribution in [0.3, 0.4) is 0 Å². The molecule has 0 rings (SSSR count). The molecule has 0 spiro atoms. The lowest BCUT2D eigenvalue weighted by Gasteiger charge is -2.33. The highest BCUT2D eigenvalue weighted by Crippen LogP contribution is 2.20. The molecule has 0 radical (unpaired) electrons. The number of aliphatic hydroxyl groups excluding tert-OH is 1. The van der Waals surface area contributed by atoms with Crippen LogP contribution in [0.1, 0.15) is 27.2 Å². The predicted molar refractivity (Wildman–Crippen MR) is 56.7 cm³/mol. The number of hydrogen-bond donors (Lipinski definition) is 2. The summed E-state index contributed by atoms with van der Waals surface area (Å²) in [5.41, 5.74) is 5.93. The SMILES string of the molecule is CCN(CCO)CC(C)(CC)CN. The van der Waals surface area contributed by atoms with Crippen molar-refractivity contribution in [3.8, 4) is 0 Å². The van der Waals surface area contributed by atoms with E-state index in [4.69, 9.17) is 10.8 Å². The van der Waals surface area contributed by atoms with Crippen LogP contribution in [0.2, 0.25) is 0 Å². The van der Waals surface area contributed by atoms with Crippen molar-refractivity contribution < 1.29 is 5.11 Å². The van der Waals surface area contributed by atoms with Crippen LogP contribution in [-0.2, 0) is 0 Å². The lowest BCUT2D eigenvalue weighted by atomic mass is 9.87. The summed E-state index contributed by atoms with van der Waals surface area (Å²) in [7, 11) is 0. The molecule has 0 saturated heterocycles. The third-order valence-electron chi connectivity index (χ3n) is 2.82. The van der Waals surface area contributed by atoms with Gasteiger partial charge in [-0.25, -0.2) is 0 Å². The maximum atomic E-state index is 8.84. The lowest BCUT2D eigenvalue weighted by Crippen LogP contribution is -2.41. The Balaban J connectivity index is 4.02. The van der Waals surface area contributed by atoms with E-state index in [0.29, 0.717) is 6.54 Å². The van der Waals surface area contributed by atoms with Crippen LogP contribution in [-0.4, -0.2) is 42.8 Å². The number of rotatable bonds is 7. The lowest BCUT2D eigenvalue weighted by molar-refractivity contribution is 0.140. The van der Waals surface area contributed by atoms with E-state index in [1.165, 1.54) is 0 Å². The smallest absolute Gasteiger partial charge is 0.0558 e. The van der Waals surface area contributed by atoms with E-state index < -0.39 is 0 Å². The van der Waals surface area contributed by atoms with Gasteiger partial charge in [-0.05, 0) is 24.9 Å². The topological polar surface area (TPSA) is 49.5 Å². The minimum atomic E-state index is 0.200. The van der Waals surface area contributed by atoms with E-state index in [2.05, 4.69) is 25.7 Å². The molecule has 80 valence electrons. The van der Waals surface area contributed by atoms with Gasteiger partial charge in [0.1, 0.15) is 0 Å². The summed E-state index contributed by atoms with van der Waals surface area (Å²) < 4.78 is 0. The minimum Gasteiger partial charge on any atom is -0.395 e. The van der Waals surface area contributed by atoms with Crippen molar-refractivity contribution >= 4 is 0 Å². The molecule has 0 aliphatic heterocycles. The molecule has 0 bridgehead atoms. The third-order valence-corrected chi connectivity index (χ3v) is 2.82. The van der Waals surface area contributed by atoms with Gasteiger partial charge in [-0.15, -0.1) is 0 Å². The third kappa shape index (κ3) is 4.60. The van der Waals surface area contributed by atoms with E-state index >= 15 is 0 Å². The number of hydrogen-bond acceptors (Lipinski definition) is 3. The molecule has 13 heavy (non-hydrogen) atoms. The van der Waals surface area contributed by atoms with Crippen LogP contribution in [0, 0.1) is 5.41 Å². The first-order valence-electron chi connectivity index (χ1n) is 5.15. The number of aliphatic hydroxyl groups is 1. The van der Waals surface area contributed by atoms with Gasteiger partial charge in [-0.1, -0.05) is 20.8 Å². The van der Waals surface area contributed by atoms with Gasteiger partial charge in [-0.3, -0.25) is 0 Å². The molecule has 0 aromatic rings. The number of nitrogens with zero attached hydrogens (tertiary/aromatic N) is 1. The van der Waals surface area contributed by atoms with E-state index in [-0.39, 0.29) is 12.0 Å². The van der Waals surface area contributed by atoms with Gasteiger partial charge in [0.15, 0.2) is 0 Å². The van der Waals surface area contributed by atoms with Crippen LogP contribution in [0.25, 0.3) is 0 Å². The molecule has 3 heteroatoms. The molecule has 0 heterocycles. The second-order valence-corrected chi connectivity index (χ2v) is 3.96. The van der Waals surface area contributed by atoms with Crippen LogP contribution >= 0.6 is 0 Å². The molecule has 3 N–H and O–H groups in total. The van der Waals surface area contributed by atoms with Crippen molar-refractivity contribution in [3.05, 3.63) is 0 Å². The van der Waals surface area contributed by atoms with E-state index in [1.54, 1.807) is 0 Å². The van der Waals surface area contributed by atoms with Crippen LogP contribution in [0.15, 0.2) is 0 Å². The Bertz CT molecular complexity index is 124. The average molecular weight is 188 g/mol. The average Bonchev–Trinajstić information content (AvgIpc) is 2.17. The normalized spacial score (nSPS) is 16.2. The molecule has 0 fully saturated rings. The van der Waals surface area contributed by atoms with E-state index in [1.807, 2.05) is 0 Å². The Hall–Kier alpha value is -0.120. The summed E-state index contributed by atoms with van der Waals surface area (Å²) in [5.74, 6) is 0. The highest BCUT2D eigenvalue weighted by molar-refractivity contribution is 4.77. The van der Waals surface area contributed by atoms with Crippen molar-refractivity contribution in [2.24, 2.45) is 11.1 Å². The Morgan fingerprint density at radius 2 is 2.00 bits per heavy atom. The van der Waals surface area contributed by atoms with E-state index in [9.17, 15) is 0 Å². The Morgan fingerprint density at radius 3 is 2.31 bits per heavy atom. The van der Waals surface area contributed by atoms with Gasteiger partial charge in [0.25, 0.3) is 0 Å². The first-order chi connectivity index (χ1) is 6.11. The van der Waals surface area contributed by atoms with Gasteiger partial charge in [0.05, 0.1) is 6.61 Å². The van der Waals surface area contributed by atoms with E-state index in [0.717, 1.165) is 26.1 Å². The van der Waals surface area contributed by atoms with Gasteiger partial charge in [0.2, 0.25) is 0 Å². The van der Waals surface area contributed by atoms with Crippen molar-refractivity contribution in [1.29, 1.82) is 0 Å². The molecule has 0 aromatic heterocycles. The zero-order valence-corrected chi connectivity index (χ0v) is 9.21. The molecule has 1 atom stereocenters. The Morgan fingerprint density at radius 1 is 1.38 bits per heavy atom. The van der Waals surface area contributed by atoms with Gasteiger partial charge in [-0.2, -0.15) is 0 Å². The molecule has 0 aliphatic rings. The van der Waals surface area contributed by atoms with Crippen molar-refractivity contribution in [2.45, 2.75) is 27.2 Å². The first-order valence-corrected chi connectivity index (χ1v) is 5.15. The standard InChI is InChI=1S/C10H24N2O/c1-4-10(3,8-11)9-12(5-2)6-7-13/h13H,4-9,11H2,1-3H3. The Kier molecular flexibility index (Phi) is 6.29. The molecule has 0 saturated carbocycles. The molecular formula is C10H24N2O. The molecule has 3 nitrogen and oxygen atoms in total. The van der Waals surface area contributed by atoms with Crippen molar-refractivity contribution in [3.63, 3.8) is 0 Å². The molecule has 0 aromatic carbocycles. The van der Waals surface area contributed by atoms with Gasteiger partial charge >= 0.3 is 0 Å². The van der Waals surface area contributed by atoms with Gasteiger partial charge < -0.3 is 15.7 Å². The highest BCUT2D eigenvalue weighted by Gasteiger charge is 2.22. The minimum absolute atomic E-state index is 0.200. The first kappa shape index (κ1) is 12.9. The van der Waals surface area contributed by atoms with Crippen LogP contribution in [0.4, 0.5) is 0 Å². The van der Waals surface area contributed by atoms with Crippen molar-refractivity contribution in [2.75, 3.05) is 32.8 Å². The second kappa shape index (κ2) is 6.35. The fraction of sp³-hybridized carbons (Fsp3) is 1.00. The quantitative estimate of drug-likeness (QED) is 0.617. The summed E-state index contributed by atoms with van der Waals surface area (Å²) in [5, 5.41) is 8.84. The number of likely N-dealkylation sites (N-methyl/N-ethyl adjacent to an activating group) is 1. The maximum absolute atomic E-state index is 8.84. The zero-order valence-electron chi connectivity index (χ0n) is 9.21. The molecule has 0 aliphatic carbocycles.